The van der Waals surface area contributed by atoms with Crippen LogP contribution >= 0.6 is 0 Å². The molecule has 0 saturated carbocycles. The van der Waals surface area contributed by atoms with Crippen LogP contribution in [0.2, 0.25) is 0 Å². The first-order chi connectivity index (χ1) is 8.27. The number of anilines is 1. The fraction of sp³-hybridized carbons (Fsp3) is 0.500. The molecule has 2 aliphatic rings. The van der Waals surface area contributed by atoms with Crippen LogP contribution in [-0.4, -0.2) is 25.0 Å². The molecule has 1 aromatic carbocycles. The minimum Gasteiger partial charge on any atom is -0.310 e. The van der Waals surface area contributed by atoms with Gasteiger partial charge >= 0.3 is 0 Å². The van der Waals surface area contributed by atoms with E-state index in [0.29, 0.717) is 5.92 Å². The molecule has 0 bridgehead atoms. The average Bonchev–Trinajstić information content (AvgIpc) is 2.94. The van der Waals surface area contributed by atoms with Gasteiger partial charge in [-0.2, -0.15) is 0 Å². The molecule has 2 aliphatic heterocycles. The van der Waals surface area contributed by atoms with E-state index in [1.165, 1.54) is 5.56 Å². The summed E-state index contributed by atoms with van der Waals surface area (Å²) in [5.41, 5.74) is 2.41. The Bertz CT molecular complexity index is 444. The molecule has 2 unspecified atom stereocenters. The van der Waals surface area contributed by atoms with E-state index in [9.17, 15) is 4.79 Å². The average molecular weight is 230 g/mol. The van der Waals surface area contributed by atoms with E-state index in [-0.39, 0.29) is 11.9 Å². The third-order valence-electron chi connectivity index (χ3n) is 3.95. The number of carbonyl (C=O) groups excluding carboxylic acids is 1. The highest BCUT2D eigenvalue weighted by Gasteiger charge is 2.35. The van der Waals surface area contributed by atoms with Crippen LogP contribution in [0.25, 0.3) is 0 Å². The highest BCUT2D eigenvalue weighted by atomic mass is 16.2. The summed E-state index contributed by atoms with van der Waals surface area (Å²) in [6.07, 6.45) is 2.09. The number of rotatable bonds is 1. The highest BCUT2D eigenvalue weighted by Crippen LogP contribution is 2.29. The molecule has 0 spiro atoms. The van der Waals surface area contributed by atoms with E-state index >= 15 is 0 Å². The Balaban J connectivity index is 1.84. The zero-order chi connectivity index (χ0) is 11.8. The van der Waals surface area contributed by atoms with E-state index < -0.39 is 0 Å². The van der Waals surface area contributed by atoms with Crippen molar-refractivity contribution in [2.45, 2.75) is 25.8 Å². The molecule has 17 heavy (non-hydrogen) atoms. The molecule has 1 saturated heterocycles. The number of para-hydroxylation sites is 1. The van der Waals surface area contributed by atoms with Crippen LogP contribution in [0.15, 0.2) is 24.3 Å². The second-order valence-electron chi connectivity index (χ2n) is 5.07. The maximum absolute atomic E-state index is 12.5. The third kappa shape index (κ3) is 1.75. The van der Waals surface area contributed by atoms with Gasteiger partial charge in [-0.05, 0) is 36.9 Å². The molecule has 0 aromatic heterocycles. The summed E-state index contributed by atoms with van der Waals surface area (Å²) < 4.78 is 0. The molecule has 3 heteroatoms. The Morgan fingerprint density at radius 1 is 1.41 bits per heavy atom. The summed E-state index contributed by atoms with van der Waals surface area (Å²) in [5.74, 6) is 0.704. The van der Waals surface area contributed by atoms with Gasteiger partial charge in [-0.15, -0.1) is 0 Å². The van der Waals surface area contributed by atoms with Crippen LogP contribution in [-0.2, 0) is 11.2 Å². The monoisotopic (exact) mass is 230 g/mol. The number of hydrogen-bond donors (Lipinski definition) is 1. The van der Waals surface area contributed by atoms with Crippen molar-refractivity contribution in [1.82, 2.24) is 5.32 Å². The first-order valence-corrected chi connectivity index (χ1v) is 6.40. The molecule has 1 amide bonds. The highest BCUT2D eigenvalue weighted by molar-refractivity contribution is 5.99. The molecule has 0 aliphatic carbocycles. The number of nitrogens with one attached hydrogen (secondary N) is 1. The fourth-order valence-electron chi connectivity index (χ4n) is 2.90. The number of amides is 1. The predicted octanol–water partition coefficient (Wildman–Crippen LogP) is 1.57. The van der Waals surface area contributed by atoms with Gasteiger partial charge in [0.1, 0.15) is 0 Å². The quantitative estimate of drug-likeness (QED) is 0.794. The minimum absolute atomic E-state index is 0.0150. The van der Waals surface area contributed by atoms with E-state index in [0.717, 1.165) is 31.6 Å². The second-order valence-corrected chi connectivity index (χ2v) is 5.07. The number of hydrogen-bond acceptors (Lipinski definition) is 2. The van der Waals surface area contributed by atoms with Gasteiger partial charge in [-0.1, -0.05) is 25.1 Å². The van der Waals surface area contributed by atoms with Gasteiger partial charge in [-0.25, -0.2) is 0 Å². The van der Waals surface area contributed by atoms with Crippen molar-refractivity contribution < 1.29 is 4.79 Å². The van der Waals surface area contributed by atoms with E-state index in [2.05, 4.69) is 24.4 Å². The lowest BCUT2D eigenvalue weighted by molar-refractivity contribution is -0.120. The second kappa shape index (κ2) is 4.15. The van der Waals surface area contributed by atoms with Crippen molar-refractivity contribution >= 4 is 11.6 Å². The maximum atomic E-state index is 12.5. The summed E-state index contributed by atoms with van der Waals surface area (Å²) in [6.45, 7) is 3.96. The topological polar surface area (TPSA) is 32.3 Å². The summed E-state index contributed by atoms with van der Waals surface area (Å²) in [4.78, 5) is 14.4. The molecular weight excluding hydrogens is 212 g/mol. The van der Waals surface area contributed by atoms with Crippen molar-refractivity contribution in [3.63, 3.8) is 0 Å². The van der Waals surface area contributed by atoms with Crippen LogP contribution in [0, 0.1) is 5.92 Å². The minimum atomic E-state index is 0.0150. The van der Waals surface area contributed by atoms with Crippen LogP contribution in [0.1, 0.15) is 18.9 Å². The van der Waals surface area contributed by atoms with Crippen molar-refractivity contribution in [2.24, 2.45) is 5.92 Å². The Kier molecular flexibility index (Phi) is 2.63. The lowest BCUT2D eigenvalue weighted by Gasteiger charge is -2.23. The lowest BCUT2D eigenvalue weighted by Crippen LogP contribution is -2.45. The Hall–Kier alpha value is -1.35. The fourth-order valence-corrected chi connectivity index (χ4v) is 2.90. The number of nitrogens with zero attached hydrogens (tertiary/aromatic N) is 1. The largest absolute Gasteiger partial charge is 0.310 e. The van der Waals surface area contributed by atoms with E-state index in [1.54, 1.807) is 0 Å². The molecular formula is C14H18N2O. The van der Waals surface area contributed by atoms with Gasteiger partial charge in [-0.3, -0.25) is 4.79 Å². The number of benzene rings is 1. The molecule has 1 fully saturated rings. The third-order valence-corrected chi connectivity index (χ3v) is 3.95. The SMILES string of the molecule is CC1CCNC1C(=O)N1CCc2ccccc21. The lowest BCUT2D eigenvalue weighted by atomic mass is 10.0. The van der Waals surface area contributed by atoms with Gasteiger partial charge in [0, 0.05) is 12.2 Å². The maximum Gasteiger partial charge on any atom is 0.244 e. The van der Waals surface area contributed by atoms with Crippen molar-refractivity contribution in [2.75, 3.05) is 18.0 Å². The first-order valence-electron chi connectivity index (χ1n) is 6.40. The van der Waals surface area contributed by atoms with Crippen molar-refractivity contribution in [1.29, 1.82) is 0 Å². The zero-order valence-electron chi connectivity index (χ0n) is 10.1. The van der Waals surface area contributed by atoms with Crippen LogP contribution in [0.4, 0.5) is 5.69 Å². The molecule has 2 atom stereocenters. The summed E-state index contributed by atoms with van der Waals surface area (Å²) in [5, 5.41) is 3.32. The van der Waals surface area contributed by atoms with E-state index in [1.807, 2.05) is 17.0 Å². The summed E-state index contributed by atoms with van der Waals surface area (Å²) in [7, 11) is 0. The number of fused-ring (bicyclic) bond motifs is 1. The zero-order valence-corrected chi connectivity index (χ0v) is 10.1. The van der Waals surface area contributed by atoms with Crippen LogP contribution in [0.3, 0.4) is 0 Å². The molecule has 0 radical (unpaired) electrons. The van der Waals surface area contributed by atoms with Crippen molar-refractivity contribution in [3.05, 3.63) is 29.8 Å². The van der Waals surface area contributed by atoms with Gasteiger partial charge < -0.3 is 10.2 Å². The van der Waals surface area contributed by atoms with Gasteiger partial charge in [0.15, 0.2) is 0 Å². The van der Waals surface area contributed by atoms with E-state index in [4.69, 9.17) is 0 Å². The molecule has 2 heterocycles. The first kappa shape index (κ1) is 10.8. The Morgan fingerprint density at radius 2 is 2.24 bits per heavy atom. The Morgan fingerprint density at radius 3 is 3.00 bits per heavy atom. The van der Waals surface area contributed by atoms with Gasteiger partial charge in [0.2, 0.25) is 5.91 Å². The van der Waals surface area contributed by atoms with Crippen molar-refractivity contribution in [3.8, 4) is 0 Å². The van der Waals surface area contributed by atoms with Gasteiger partial charge in [0.25, 0.3) is 0 Å². The van der Waals surface area contributed by atoms with Crippen LogP contribution in [0.5, 0.6) is 0 Å². The van der Waals surface area contributed by atoms with Crippen LogP contribution < -0.4 is 10.2 Å². The molecule has 3 nitrogen and oxygen atoms in total. The standard InChI is InChI=1S/C14H18N2O/c1-10-6-8-15-13(10)14(17)16-9-7-11-4-2-3-5-12(11)16/h2-5,10,13,15H,6-9H2,1H3. The predicted molar refractivity (Wildman–Crippen MR) is 68.1 cm³/mol. The molecule has 1 N–H and O–H groups in total. The normalized spacial score (nSPS) is 27.2. The molecule has 1 aromatic rings. The molecule has 90 valence electrons. The summed E-state index contributed by atoms with van der Waals surface area (Å²) >= 11 is 0. The Labute approximate surface area is 102 Å². The van der Waals surface area contributed by atoms with Gasteiger partial charge in [0.05, 0.1) is 6.04 Å². The summed E-state index contributed by atoms with van der Waals surface area (Å²) in [6, 6.07) is 8.24. The number of carbonyl (C=O) groups is 1. The smallest absolute Gasteiger partial charge is 0.244 e. The molecule has 3 rings (SSSR count).